The molecule has 1 aromatic heterocycles. The van der Waals surface area contributed by atoms with Gasteiger partial charge in [-0.3, -0.25) is 0 Å². The first-order valence-electron chi connectivity index (χ1n) is 18.3. The highest BCUT2D eigenvalue weighted by atomic mass is 16.3. The third kappa shape index (κ3) is 4.39. The minimum absolute atomic E-state index is 0.462. The molecule has 0 saturated heterocycles. The molecular formula is C51H33NO. The molecule has 9 aromatic rings. The van der Waals surface area contributed by atoms with E-state index in [9.17, 15) is 0 Å². The van der Waals surface area contributed by atoms with Gasteiger partial charge in [0.25, 0.3) is 0 Å². The lowest BCUT2D eigenvalue weighted by Crippen LogP contribution is -2.29. The van der Waals surface area contributed by atoms with E-state index in [1.54, 1.807) is 0 Å². The summed E-state index contributed by atoms with van der Waals surface area (Å²) in [5.41, 5.74) is 17.2. The smallest absolute Gasteiger partial charge is 0.137 e. The van der Waals surface area contributed by atoms with E-state index < -0.39 is 5.41 Å². The van der Waals surface area contributed by atoms with Crippen LogP contribution in [-0.4, -0.2) is 0 Å². The maximum absolute atomic E-state index is 6.43. The van der Waals surface area contributed by atoms with Gasteiger partial charge in [0, 0.05) is 33.9 Å². The number of hydrogen-bond donors (Lipinski definition) is 0. The number of anilines is 3. The highest BCUT2D eigenvalue weighted by Crippen LogP contribution is 2.59. The maximum atomic E-state index is 6.43. The highest BCUT2D eigenvalue weighted by molar-refractivity contribution is 6.06. The zero-order chi connectivity index (χ0) is 34.9. The van der Waals surface area contributed by atoms with Crippen molar-refractivity contribution in [3.05, 3.63) is 221 Å². The second kappa shape index (κ2) is 11.6. The first kappa shape index (κ1) is 29.8. The Balaban J connectivity index is 1.15. The zero-order valence-corrected chi connectivity index (χ0v) is 28.9. The van der Waals surface area contributed by atoms with Crippen LogP contribution >= 0.6 is 0 Å². The lowest BCUT2D eigenvalue weighted by molar-refractivity contribution is 0.669. The van der Waals surface area contributed by atoms with Crippen molar-refractivity contribution in [2.24, 2.45) is 0 Å². The molecule has 0 aliphatic heterocycles. The van der Waals surface area contributed by atoms with Crippen LogP contribution in [0.4, 0.5) is 17.1 Å². The van der Waals surface area contributed by atoms with Gasteiger partial charge in [-0.25, -0.2) is 0 Å². The van der Waals surface area contributed by atoms with Crippen LogP contribution in [-0.2, 0) is 5.41 Å². The normalized spacial score (nSPS) is 13.4. The summed E-state index contributed by atoms with van der Waals surface area (Å²) in [6.45, 7) is 0. The molecule has 11 rings (SSSR count). The molecule has 0 fully saturated rings. The Morgan fingerprint density at radius 1 is 0.358 bits per heavy atom. The lowest BCUT2D eigenvalue weighted by atomic mass is 9.66. The van der Waals surface area contributed by atoms with Gasteiger partial charge in [0.1, 0.15) is 11.2 Å². The Labute approximate surface area is 308 Å². The first-order chi connectivity index (χ1) is 26.3. The Hall–Kier alpha value is -6.90. The number of hydrogen-bond acceptors (Lipinski definition) is 2. The van der Waals surface area contributed by atoms with Crippen molar-refractivity contribution >= 4 is 51.2 Å². The largest absolute Gasteiger partial charge is 0.456 e. The molecule has 2 heteroatoms. The highest BCUT2D eigenvalue weighted by Gasteiger charge is 2.48. The fourth-order valence-electron chi connectivity index (χ4n) is 9.02. The average molecular weight is 676 g/mol. The van der Waals surface area contributed by atoms with Crippen molar-refractivity contribution in [3.63, 3.8) is 0 Å². The van der Waals surface area contributed by atoms with Crippen molar-refractivity contribution in [2.45, 2.75) is 5.41 Å². The van der Waals surface area contributed by atoms with Crippen LogP contribution in [0.1, 0.15) is 33.4 Å². The average Bonchev–Trinajstić information content (AvgIpc) is 3.69. The van der Waals surface area contributed by atoms with E-state index in [0.29, 0.717) is 0 Å². The van der Waals surface area contributed by atoms with E-state index in [1.807, 2.05) is 12.1 Å². The Morgan fingerprint density at radius 2 is 0.906 bits per heavy atom. The summed E-state index contributed by atoms with van der Waals surface area (Å²) in [7, 11) is 0. The van der Waals surface area contributed by atoms with Crippen molar-refractivity contribution in [1.82, 2.24) is 0 Å². The monoisotopic (exact) mass is 675 g/mol. The zero-order valence-electron chi connectivity index (χ0n) is 28.9. The number of benzene rings is 8. The third-order valence-electron chi connectivity index (χ3n) is 11.3. The van der Waals surface area contributed by atoms with E-state index in [4.69, 9.17) is 4.42 Å². The molecule has 1 spiro atoms. The number of nitrogens with zero attached hydrogens (tertiary/aromatic N) is 1. The van der Waals surface area contributed by atoms with Gasteiger partial charge in [-0.15, -0.1) is 0 Å². The van der Waals surface area contributed by atoms with Crippen LogP contribution in [0.5, 0.6) is 0 Å². The van der Waals surface area contributed by atoms with Crippen molar-refractivity contribution in [2.75, 3.05) is 4.90 Å². The summed E-state index contributed by atoms with van der Waals surface area (Å²) in [6.07, 6.45) is 4.57. The molecule has 0 amide bonds. The van der Waals surface area contributed by atoms with Crippen LogP contribution in [0.2, 0.25) is 0 Å². The Morgan fingerprint density at radius 3 is 1.68 bits per heavy atom. The molecule has 248 valence electrons. The van der Waals surface area contributed by atoms with Gasteiger partial charge in [-0.2, -0.15) is 0 Å². The van der Waals surface area contributed by atoms with Gasteiger partial charge in [0.05, 0.1) is 5.41 Å². The number of rotatable bonds is 4. The fourth-order valence-corrected chi connectivity index (χ4v) is 9.02. The predicted octanol–water partition coefficient (Wildman–Crippen LogP) is 13.6. The molecule has 1 heterocycles. The second-order valence-electron chi connectivity index (χ2n) is 14.1. The van der Waals surface area contributed by atoms with Crippen LogP contribution in [0.15, 0.2) is 192 Å². The van der Waals surface area contributed by atoms with Crippen molar-refractivity contribution < 1.29 is 4.42 Å². The molecule has 0 bridgehead atoms. The van der Waals surface area contributed by atoms with E-state index in [-0.39, 0.29) is 0 Å². The fraction of sp³-hybridized carbons (Fsp3) is 0.0196. The van der Waals surface area contributed by atoms with E-state index in [2.05, 4.69) is 193 Å². The molecule has 0 N–H and O–H groups in total. The molecule has 0 radical (unpaired) electrons. The van der Waals surface area contributed by atoms with Crippen LogP contribution < -0.4 is 4.90 Å². The van der Waals surface area contributed by atoms with Gasteiger partial charge in [-0.1, -0.05) is 152 Å². The molecule has 2 nitrogen and oxygen atoms in total. The number of furan rings is 1. The summed E-state index contributed by atoms with van der Waals surface area (Å²) >= 11 is 0. The van der Waals surface area contributed by atoms with Gasteiger partial charge >= 0.3 is 0 Å². The van der Waals surface area contributed by atoms with E-state index in [1.165, 1.54) is 55.6 Å². The predicted molar refractivity (Wildman–Crippen MR) is 220 cm³/mol. The quantitative estimate of drug-likeness (QED) is 0.185. The van der Waals surface area contributed by atoms with Crippen LogP contribution in [0.25, 0.3) is 56.3 Å². The topological polar surface area (TPSA) is 16.4 Å². The summed E-state index contributed by atoms with van der Waals surface area (Å²) in [4.78, 5) is 2.37. The minimum atomic E-state index is -0.462. The van der Waals surface area contributed by atoms with Gasteiger partial charge in [0.15, 0.2) is 0 Å². The van der Waals surface area contributed by atoms with E-state index in [0.717, 1.165) is 39.0 Å². The standard InChI is InChI=1S/C51H33NO/c1-2-12-34(13-3-1)35-24-26-38(27-25-35)52(40-28-30-43-42-17-7-11-21-49(42)53-50(43)33-40)39-29-31-48-44(32-39)41-16-6-10-20-47(41)51(48)45-18-8-4-14-36(45)22-23-37-15-5-9-19-46(37)51/h1-33H. The molecular weight excluding hydrogens is 643 g/mol. The molecule has 53 heavy (non-hydrogen) atoms. The SMILES string of the molecule is C1=Cc2ccccc2C2(c3ccccc31)c1ccccc1-c1cc(N(c3ccc(-c4ccccc4)cc3)c3ccc4c(c3)oc3ccccc34)ccc12. The molecule has 2 aliphatic carbocycles. The van der Waals surface area contributed by atoms with E-state index >= 15 is 0 Å². The first-order valence-corrected chi connectivity index (χ1v) is 18.3. The van der Waals surface area contributed by atoms with Crippen LogP contribution in [0.3, 0.4) is 0 Å². The summed E-state index contributed by atoms with van der Waals surface area (Å²) in [6, 6.07) is 68.3. The minimum Gasteiger partial charge on any atom is -0.456 e. The summed E-state index contributed by atoms with van der Waals surface area (Å²) in [5, 5.41) is 2.25. The second-order valence-corrected chi connectivity index (χ2v) is 14.1. The molecule has 0 unspecified atom stereocenters. The molecule has 2 aliphatic rings. The van der Waals surface area contributed by atoms with Crippen molar-refractivity contribution in [1.29, 1.82) is 0 Å². The molecule has 0 saturated carbocycles. The summed E-state index contributed by atoms with van der Waals surface area (Å²) < 4.78 is 6.43. The maximum Gasteiger partial charge on any atom is 0.137 e. The number of para-hydroxylation sites is 1. The Kier molecular flexibility index (Phi) is 6.50. The van der Waals surface area contributed by atoms with Gasteiger partial charge < -0.3 is 9.32 Å². The lowest BCUT2D eigenvalue weighted by Gasteiger charge is -2.35. The Bertz CT molecular complexity index is 2850. The van der Waals surface area contributed by atoms with Gasteiger partial charge in [0.2, 0.25) is 0 Å². The van der Waals surface area contributed by atoms with Crippen LogP contribution in [0, 0.1) is 0 Å². The van der Waals surface area contributed by atoms with Gasteiger partial charge in [-0.05, 0) is 98.1 Å². The molecule has 8 aromatic carbocycles. The van der Waals surface area contributed by atoms with Crippen molar-refractivity contribution in [3.8, 4) is 22.3 Å². The number of fused-ring (bicyclic) bond motifs is 12. The molecule has 0 atom stereocenters. The third-order valence-corrected chi connectivity index (χ3v) is 11.3. The summed E-state index contributed by atoms with van der Waals surface area (Å²) in [5.74, 6) is 0.